The van der Waals surface area contributed by atoms with Gasteiger partial charge in [0.2, 0.25) is 11.8 Å². The minimum absolute atomic E-state index is 0.0362. The summed E-state index contributed by atoms with van der Waals surface area (Å²) < 4.78 is 0. The minimum atomic E-state index is -0.266. The zero-order valence-corrected chi connectivity index (χ0v) is 18.3. The smallest absolute Gasteiger partial charge is 0.251 e. The van der Waals surface area contributed by atoms with Crippen LogP contribution in [0.1, 0.15) is 22.3 Å². The first kappa shape index (κ1) is 22.6. The fourth-order valence-corrected chi connectivity index (χ4v) is 3.58. The molecule has 0 saturated carbocycles. The maximum absolute atomic E-state index is 12.4. The van der Waals surface area contributed by atoms with E-state index in [1.807, 2.05) is 43.3 Å². The molecule has 0 atom stereocenters. The molecule has 3 rings (SSSR count). The van der Waals surface area contributed by atoms with Crippen molar-refractivity contribution < 1.29 is 14.4 Å². The Kier molecular flexibility index (Phi) is 7.89. The number of amides is 3. The third-order valence-corrected chi connectivity index (χ3v) is 5.54. The molecule has 1 aliphatic heterocycles. The largest absolute Gasteiger partial charge is 0.368 e. The first-order valence-corrected chi connectivity index (χ1v) is 10.7. The Balaban J connectivity index is 1.34. The van der Waals surface area contributed by atoms with Gasteiger partial charge in [-0.25, -0.2) is 0 Å². The minimum Gasteiger partial charge on any atom is -0.368 e. The van der Waals surface area contributed by atoms with Gasteiger partial charge < -0.3 is 20.4 Å². The van der Waals surface area contributed by atoms with E-state index in [0.29, 0.717) is 23.7 Å². The predicted octanol–water partition coefficient (Wildman–Crippen LogP) is 2.23. The van der Waals surface area contributed by atoms with Gasteiger partial charge in [-0.15, -0.1) is 0 Å². The lowest BCUT2D eigenvalue weighted by Gasteiger charge is -2.36. The predicted molar refractivity (Wildman–Crippen MR) is 121 cm³/mol. The molecule has 164 valence electrons. The molecule has 8 heteroatoms. The Hall–Kier alpha value is -3.06. The number of rotatable bonds is 7. The van der Waals surface area contributed by atoms with E-state index < -0.39 is 0 Å². The number of nitrogens with one attached hydrogen (secondary N) is 2. The van der Waals surface area contributed by atoms with Crippen LogP contribution in [0.15, 0.2) is 48.5 Å². The Morgan fingerprint density at radius 3 is 2.29 bits per heavy atom. The number of halogens is 1. The summed E-state index contributed by atoms with van der Waals surface area (Å²) in [4.78, 5) is 40.5. The molecule has 2 N–H and O–H groups in total. The van der Waals surface area contributed by atoms with E-state index in [2.05, 4.69) is 15.5 Å². The Labute approximate surface area is 187 Å². The van der Waals surface area contributed by atoms with Gasteiger partial charge in [-0.05, 0) is 42.8 Å². The van der Waals surface area contributed by atoms with Crippen LogP contribution in [-0.4, -0.2) is 61.9 Å². The molecule has 0 aliphatic carbocycles. The summed E-state index contributed by atoms with van der Waals surface area (Å²) in [5.74, 6) is -0.577. The highest BCUT2D eigenvalue weighted by molar-refractivity contribution is 6.30. The van der Waals surface area contributed by atoms with Gasteiger partial charge in [-0.2, -0.15) is 0 Å². The maximum Gasteiger partial charge on any atom is 0.251 e. The molecule has 1 heterocycles. The molecule has 2 aromatic carbocycles. The lowest BCUT2D eigenvalue weighted by Crippen LogP contribution is -2.51. The number of piperazine rings is 1. The van der Waals surface area contributed by atoms with Gasteiger partial charge >= 0.3 is 0 Å². The molecular formula is C23H27ClN4O3. The summed E-state index contributed by atoms with van der Waals surface area (Å²) in [6, 6.07) is 14.9. The van der Waals surface area contributed by atoms with Crippen LogP contribution in [0.2, 0.25) is 5.02 Å². The Morgan fingerprint density at radius 2 is 1.61 bits per heavy atom. The van der Waals surface area contributed by atoms with Gasteiger partial charge in [-0.1, -0.05) is 29.8 Å². The Bertz CT molecular complexity index is 925. The molecule has 0 unspecified atom stereocenters. The maximum atomic E-state index is 12.4. The van der Waals surface area contributed by atoms with Crippen molar-refractivity contribution >= 4 is 35.0 Å². The van der Waals surface area contributed by atoms with E-state index in [0.717, 1.165) is 24.3 Å². The standard InChI is InChI=1S/C23H27ClN4O3/c1-17-4-2-3-5-20(17)23(31)25-11-10-21(29)26-16-22(30)28-14-12-27(13-15-28)19-8-6-18(24)7-9-19/h2-9H,10-16H2,1H3,(H,25,31)(H,26,29). The first-order valence-electron chi connectivity index (χ1n) is 10.3. The van der Waals surface area contributed by atoms with Crippen LogP contribution in [0.25, 0.3) is 0 Å². The summed E-state index contributed by atoms with van der Waals surface area (Å²) in [7, 11) is 0. The molecule has 3 amide bonds. The van der Waals surface area contributed by atoms with Crippen molar-refractivity contribution in [3.8, 4) is 0 Å². The van der Waals surface area contributed by atoms with Gasteiger partial charge in [-0.3, -0.25) is 14.4 Å². The lowest BCUT2D eigenvalue weighted by molar-refractivity contribution is -0.133. The summed E-state index contributed by atoms with van der Waals surface area (Å²) in [6.07, 6.45) is 0.120. The number of benzene rings is 2. The quantitative estimate of drug-likeness (QED) is 0.689. The van der Waals surface area contributed by atoms with Crippen molar-refractivity contribution in [3.05, 3.63) is 64.7 Å². The molecule has 1 aliphatic rings. The third kappa shape index (κ3) is 6.46. The van der Waals surface area contributed by atoms with Gasteiger partial charge in [0, 0.05) is 55.4 Å². The van der Waals surface area contributed by atoms with E-state index in [4.69, 9.17) is 11.6 Å². The molecule has 2 aromatic rings. The van der Waals surface area contributed by atoms with Crippen molar-refractivity contribution in [2.24, 2.45) is 0 Å². The molecule has 7 nitrogen and oxygen atoms in total. The highest BCUT2D eigenvalue weighted by Gasteiger charge is 2.21. The number of aryl methyl sites for hydroxylation is 1. The zero-order valence-electron chi connectivity index (χ0n) is 17.6. The van der Waals surface area contributed by atoms with Crippen LogP contribution >= 0.6 is 11.6 Å². The molecule has 1 saturated heterocycles. The number of carbonyl (C=O) groups is 3. The molecule has 0 bridgehead atoms. The second-order valence-electron chi connectivity index (χ2n) is 7.44. The zero-order chi connectivity index (χ0) is 22.2. The highest BCUT2D eigenvalue weighted by Crippen LogP contribution is 2.19. The van der Waals surface area contributed by atoms with Crippen LogP contribution in [0.5, 0.6) is 0 Å². The van der Waals surface area contributed by atoms with Gasteiger partial charge in [0.25, 0.3) is 5.91 Å². The van der Waals surface area contributed by atoms with Crippen LogP contribution in [0.4, 0.5) is 5.69 Å². The Morgan fingerprint density at radius 1 is 0.935 bits per heavy atom. The van der Waals surface area contributed by atoms with E-state index in [1.54, 1.807) is 17.0 Å². The van der Waals surface area contributed by atoms with Crippen LogP contribution in [0.3, 0.4) is 0 Å². The number of carbonyl (C=O) groups excluding carboxylic acids is 3. The van der Waals surface area contributed by atoms with Crippen LogP contribution < -0.4 is 15.5 Å². The second-order valence-corrected chi connectivity index (χ2v) is 7.88. The summed E-state index contributed by atoms with van der Waals surface area (Å²) >= 11 is 5.93. The van der Waals surface area contributed by atoms with Gasteiger partial charge in [0.1, 0.15) is 0 Å². The van der Waals surface area contributed by atoms with Crippen LogP contribution in [-0.2, 0) is 9.59 Å². The normalized spacial score (nSPS) is 13.6. The van der Waals surface area contributed by atoms with E-state index >= 15 is 0 Å². The third-order valence-electron chi connectivity index (χ3n) is 5.29. The van der Waals surface area contributed by atoms with Crippen molar-refractivity contribution in [2.45, 2.75) is 13.3 Å². The van der Waals surface area contributed by atoms with Crippen molar-refractivity contribution in [1.29, 1.82) is 0 Å². The molecule has 0 spiro atoms. The molecule has 1 fully saturated rings. The monoisotopic (exact) mass is 442 g/mol. The van der Waals surface area contributed by atoms with E-state index in [9.17, 15) is 14.4 Å². The topological polar surface area (TPSA) is 81.8 Å². The first-order chi connectivity index (χ1) is 14.9. The number of nitrogens with zero attached hydrogens (tertiary/aromatic N) is 2. The van der Waals surface area contributed by atoms with E-state index in [-0.39, 0.29) is 37.2 Å². The highest BCUT2D eigenvalue weighted by atomic mass is 35.5. The van der Waals surface area contributed by atoms with Gasteiger partial charge in [0.05, 0.1) is 6.54 Å². The second kappa shape index (κ2) is 10.8. The fraction of sp³-hybridized carbons (Fsp3) is 0.348. The van der Waals surface area contributed by atoms with E-state index in [1.165, 1.54) is 0 Å². The summed E-state index contributed by atoms with van der Waals surface area (Å²) in [5, 5.41) is 6.08. The number of hydrogen-bond acceptors (Lipinski definition) is 4. The van der Waals surface area contributed by atoms with Gasteiger partial charge in [0.15, 0.2) is 0 Å². The fourth-order valence-electron chi connectivity index (χ4n) is 3.45. The SMILES string of the molecule is Cc1ccccc1C(=O)NCCC(=O)NCC(=O)N1CCN(c2ccc(Cl)cc2)CC1. The number of anilines is 1. The lowest BCUT2D eigenvalue weighted by atomic mass is 10.1. The average molecular weight is 443 g/mol. The molecular weight excluding hydrogens is 416 g/mol. The molecule has 0 radical (unpaired) electrons. The molecule has 31 heavy (non-hydrogen) atoms. The molecule has 0 aromatic heterocycles. The van der Waals surface area contributed by atoms with Crippen LogP contribution in [0, 0.1) is 6.92 Å². The van der Waals surface area contributed by atoms with Crippen molar-refractivity contribution in [2.75, 3.05) is 44.2 Å². The van der Waals surface area contributed by atoms with Crippen molar-refractivity contribution in [3.63, 3.8) is 0 Å². The summed E-state index contributed by atoms with van der Waals surface area (Å²) in [6.45, 7) is 4.70. The number of hydrogen-bond donors (Lipinski definition) is 2. The van der Waals surface area contributed by atoms with Crippen molar-refractivity contribution in [1.82, 2.24) is 15.5 Å². The summed E-state index contributed by atoms with van der Waals surface area (Å²) in [5.41, 5.74) is 2.56. The average Bonchev–Trinajstić information content (AvgIpc) is 2.78.